The second kappa shape index (κ2) is 10.3. The van der Waals surface area contributed by atoms with Crippen LogP contribution in [0.4, 0.5) is 10.1 Å². The molecular weight excluding hydrogens is 507 g/mol. The molecule has 3 aliphatic rings. The minimum absolute atomic E-state index is 0.0209. The molecule has 1 N–H and O–H groups in total. The number of ether oxygens (including phenoxy) is 1. The second-order valence-electron chi connectivity index (χ2n) is 10.6. The van der Waals surface area contributed by atoms with E-state index in [9.17, 15) is 12.8 Å². The molecule has 204 valence electrons. The highest BCUT2D eigenvalue weighted by Crippen LogP contribution is 2.40. The monoisotopic (exact) mass is 542 g/mol. The Morgan fingerprint density at radius 2 is 1.92 bits per heavy atom. The maximum atomic E-state index is 14.7. The first kappa shape index (κ1) is 26.7. The molecule has 0 atom stereocenters. The molecule has 3 aliphatic heterocycles. The quantitative estimate of drug-likeness (QED) is 0.607. The highest BCUT2D eigenvalue weighted by molar-refractivity contribution is 8.04. The van der Waals surface area contributed by atoms with Gasteiger partial charge in [0.2, 0.25) is 5.88 Å². The topological polar surface area (TPSA) is 99.5 Å². The summed E-state index contributed by atoms with van der Waals surface area (Å²) in [5.74, 6) is 0.410. The van der Waals surface area contributed by atoms with Gasteiger partial charge in [0.05, 0.1) is 19.2 Å². The molecule has 0 bridgehead atoms. The number of halogens is 1. The van der Waals surface area contributed by atoms with Crippen LogP contribution in [-0.2, 0) is 10.0 Å². The molecule has 1 aromatic heterocycles. The van der Waals surface area contributed by atoms with E-state index in [0.717, 1.165) is 32.2 Å². The zero-order valence-electron chi connectivity index (χ0n) is 22.4. The number of nitrogens with zero attached hydrogens (tertiary/aromatic N) is 5. The number of likely N-dealkylation sites (tertiary alicyclic amines) is 1. The number of rotatable bonds is 5. The van der Waals surface area contributed by atoms with Crippen molar-refractivity contribution in [2.24, 2.45) is 10.1 Å². The highest BCUT2D eigenvalue weighted by Gasteiger charge is 2.44. The lowest BCUT2D eigenvalue weighted by Crippen LogP contribution is -2.52. The van der Waals surface area contributed by atoms with Gasteiger partial charge in [0.25, 0.3) is 10.0 Å². The molecule has 1 spiro atoms. The van der Waals surface area contributed by atoms with Gasteiger partial charge in [0.1, 0.15) is 11.7 Å². The van der Waals surface area contributed by atoms with Crippen molar-refractivity contribution in [1.29, 1.82) is 0 Å². The van der Waals surface area contributed by atoms with Gasteiger partial charge in [0, 0.05) is 36.5 Å². The maximum Gasteiger partial charge on any atom is 0.258 e. The van der Waals surface area contributed by atoms with E-state index in [0.29, 0.717) is 47.2 Å². The van der Waals surface area contributed by atoms with Crippen LogP contribution in [0.3, 0.4) is 0 Å². The van der Waals surface area contributed by atoms with Crippen LogP contribution in [0.2, 0.25) is 0 Å². The van der Waals surface area contributed by atoms with Crippen molar-refractivity contribution in [3.8, 4) is 17.0 Å². The number of hydrogen-bond acceptors (Lipinski definition) is 7. The Kier molecular flexibility index (Phi) is 7.27. The van der Waals surface area contributed by atoms with Crippen LogP contribution in [0.25, 0.3) is 11.1 Å². The number of pyridine rings is 1. The Morgan fingerprint density at radius 1 is 1.16 bits per heavy atom. The molecule has 0 radical (unpaired) electrons. The molecular formula is C27H35FN6O3S. The fourth-order valence-corrected chi connectivity index (χ4v) is 7.23. The molecule has 0 aliphatic carbocycles. The predicted molar refractivity (Wildman–Crippen MR) is 147 cm³/mol. The van der Waals surface area contributed by atoms with Crippen LogP contribution in [0.15, 0.2) is 40.6 Å². The normalized spacial score (nSPS) is 21.3. The zero-order chi connectivity index (χ0) is 27.1. The SMILES string of the molecule is COc1cc(-c2cc(F)cc(C(C)C)c2N=C2CC(S(=O)(=O)N3CCC4(CCCN4C)CC3)=NN2)ccn1. The summed E-state index contributed by atoms with van der Waals surface area (Å²) in [6, 6.07) is 6.40. The average molecular weight is 543 g/mol. The van der Waals surface area contributed by atoms with Gasteiger partial charge in [0.15, 0.2) is 5.04 Å². The Bertz CT molecular complexity index is 1380. The lowest BCUT2D eigenvalue weighted by molar-refractivity contribution is 0.102. The average Bonchev–Trinajstić information content (AvgIpc) is 3.52. The summed E-state index contributed by atoms with van der Waals surface area (Å²) in [4.78, 5) is 11.3. The van der Waals surface area contributed by atoms with Crippen LogP contribution in [0, 0.1) is 5.82 Å². The molecule has 11 heteroatoms. The van der Waals surface area contributed by atoms with E-state index in [4.69, 9.17) is 9.73 Å². The molecule has 2 fully saturated rings. The van der Waals surface area contributed by atoms with Crippen molar-refractivity contribution in [2.45, 2.75) is 57.4 Å². The summed E-state index contributed by atoms with van der Waals surface area (Å²) in [5, 5.41) is 4.24. The molecule has 38 heavy (non-hydrogen) atoms. The number of hydrogen-bond donors (Lipinski definition) is 1. The number of aliphatic imine (C=N–C) groups is 1. The van der Waals surface area contributed by atoms with Gasteiger partial charge in [-0.15, -0.1) is 0 Å². The molecule has 0 saturated carbocycles. The Morgan fingerprint density at radius 3 is 2.58 bits per heavy atom. The predicted octanol–water partition coefficient (Wildman–Crippen LogP) is 4.25. The van der Waals surface area contributed by atoms with Crippen molar-refractivity contribution in [3.63, 3.8) is 0 Å². The van der Waals surface area contributed by atoms with E-state index in [2.05, 4.69) is 27.5 Å². The lowest BCUT2D eigenvalue weighted by atomic mass is 9.86. The Balaban J connectivity index is 1.41. The maximum absolute atomic E-state index is 14.7. The number of hydrazone groups is 1. The van der Waals surface area contributed by atoms with Crippen LogP contribution in [-0.4, -0.2) is 72.8 Å². The third-order valence-corrected chi connectivity index (χ3v) is 9.97. The van der Waals surface area contributed by atoms with E-state index < -0.39 is 10.0 Å². The van der Waals surface area contributed by atoms with E-state index in [-0.39, 0.29) is 28.7 Å². The van der Waals surface area contributed by atoms with Gasteiger partial charge in [-0.2, -0.15) is 9.41 Å². The van der Waals surface area contributed by atoms with E-state index >= 15 is 0 Å². The van der Waals surface area contributed by atoms with Crippen molar-refractivity contribution in [3.05, 3.63) is 41.8 Å². The van der Waals surface area contributed by atoms with Gasteiger partial charge in [-0.25, -0.2) is 22.8 Å². The van der Waals surface area contributed by atoms with E-state index in [1.54, 1.807) is 22.6 Å². The lowest BCUT2D eigenvalue weighted by Gasteiger charge is -2.43. The molecule has 9 nitrogen and oxygen atoms in total. The molecule has 0 amide bonds. The molecule has 4 heterocycles. The standard InChI is InChI=1S/C27H35FN6O3S/c1-18(2)21-15-20(28)16-22(19-6-10-29-24(14-19)37-4)26(21)30-23-17-25(32-31-23)38(35,36)34-12-8-27(9-13-34)7-5-11-33(27)3/h6,10,14-16,18H,5,7-9,11-13,17H2,1-4H3,(H,30,31). The Labute approximate surface area is 223 Å². The van der Waals surface area contributed by atoms with Crippen molar-refractivity contribution < 1.29 is 17.5 Å². The minimum atomic E-state index is -3.72. The molecule has 2 saturated heterocycles. The smallest absolute Gasteiger partial charge is 0.258 e. The summed E-state index contributed by atoms with van der Waals surface area (Å²) >= 11 is 0. The van der Waals surface area contributed by atoms with Crippen LogP contribution < -0.4 is 10.2 Å². The van der Waals surface area contributed by atoms with Crippen molar-refractivity contribution >= 4 is 26.6 Å². The number of methoxy groups -OCH3 is 1. The first-order valence-corrected chi connectivity index (χ1v) is 14.5. The van der Waals surface area contributed by atoms with Crippen LogP contribution in [0.1, 0.15) is 57.4 Å². The number of piperidine rings is 1. The minimum Gasteiger partial charge on any atom is -0.481 e. The number of nitrogens with one attached hydrogen (secondary N) is 1. The summed E-state index contributed by atoms with van der Waals surface area (Å²) in [7, 11) is -0.0554. The molecule has 2 aromatic rings. The summed E-state index contributed by atoms with van der Waals surface area (Å²) in [6.07, 6.45) is 5.59. The number of amidine groups is 1. The third-order valence-electron chi connectivity index (χ3n) is 8.09. The molecule has 1 aromatic carbocycles. The Hall–Kier alpha value is -2.89. The fourth-order valence-electron chi connectivity index (χ4n) is 5.79. The van der Waals surface area contributed by atoms with Crippen LogP contribution in [0.5, 0.6) is 5.88 Å². The third kappa shape index (κ3) is 4.94. The second-order valence-corrected chi connectivity index (χ2v) is 12.6. The first-order valence-electron chi connectivity index (χ1n) is 13.1. The molecule has 0 unspecified atom stereocenters. The van der Waals surface area contributed by atoms with Gasteiger partial charge in [-0.3, -0.25) is 5.43 Å². The van der Waals surface area contributed by atoms with E-state index in [1.807, 2.05) is 13.8 Å². The molecule has 5 rings (SSSR count). The number of aromatic nitrogens is 1. The summed E-state index contributed by atoms with van der Waals surface area (Å²) < 4.78 is 48.4. The first-order chi connectivity index (χ1) is 18.1. The van der Waals surface area contributed by atoms with Crippen molar-refractivity contribution in [2.75, 3.05) is 33.8 Å². The number of benzene rings is 1. The largest absolute Gasteiger partial charge is 0.481 e. The van der Waals surface area contributed by atoms with Gasteiger partial charge < -0.3 is 9.64 Å². The zero-order valence-corrected chi connectivity index (χ0v) is 23.2. The summed E-state index contributed by atoms with van der Waals surface area (Å²) in [6.45, 7) is 5.98. The van der Waals surface area contributed by atoms with Gasteiger partial charge >= 0.3 is 0 Å². The fraction of sp³-hybridized carbons (Fsp3) is 0.519. The van der Waals surface area contributed by atoms with E-state index in [1.165, 1.54) is 19.2 Å². The van der Waals surface area contributed by atoms with Crippen LogP contribution >= 0.6 is 0 Å². The summed E-state index contributed by atoms with van der Waals surface area (Å²) in [5.41, 5.74) is 5.50. The van der Waals surface area contributed by atoms with Crippen molar-refractivity contribution in [1.82, 2.24) is 19.6 Å². The van der Waals surface area contributed by atoms with Gasteiger partial charge in [-0.1, -0.05) is 13.8 Å². The highest BCUT2D eigenvalue weighted by atomic mass is 32.2. The number of sulfonamides is 1. The van der Waals surface area contributed by atoms with Gasteiger partial charge in [-0.05, 0) is 74.5 Å².